The van der Waals surface area contributed by atoms with E-state index in [0.717, 1.165) is 6.42 Å². The molecule has 2 rings (SSSR count). The smallest absolute Gasteiger partial charge is 0.329 e. The molecule has 0 radical (unpaired) electrons. The van der Waals surface area contributed by atoms with E-state index in [4.69, 9.17) is 10.5 Å². The first-order valence-corrected chi connectivity index (χ1v) is 7.56. The number of hydrogen-bond donors (Lipinski definition) is 1. The predicted octanol–water partition coefficient (Wildman–Crippen LogP) is -0.345. The largest absolute Gasteiger partial charge is 0.460 e. The molecular weight excluding hydrogens is 286 g/mol. The zero-order valence-corrected chi connectivity index (χ0v) is 12.9. The van der Waals surface area contributed by atoms with Crippen LogP contribution in [0.3, 0.4) is 0 Å². The number of carbonyl (C=O) groups excluding carboxylic acids is 3. The van der Waals surface area contributed by atoms with Crippen LogP contribution in [0.15, 0.2) is 12.7 Å². The monoisotopic (exact) mass is 309 g/mol. The third-order valence-electron chi connectivity index (χ3n) is 4.28. The average molecular weight is 309 g/mol. The molecule has 0 aromatic carbocycles. The fraction of sp³-hybridized carbons (Fsp3) is 0.667. The first-order valence-electron chi connectivity index (χ1n) is 7.56. The Kier molecular flexibility index (Phi) is 5.18. The van der Waals surface area contributed by atoms with Crippen molar-refractivity contribution in [3.8, 4) is 0 Å². The number of nitrogens with two attached hydrogens (primary N) is 1. The summed E-state index contributed by atoms with van der Waals surface area (Å²) in [7, 11) is 0. The Bertz CT molecular complexity index is 479. The van der Waals surface area contributed by atoms with E-state index in [-0.39, 0.29) is 31.0 Å². The lowest BCUT2D eigenvalue weighted by Gasteiger charge is -2.36. The van der Waals surface area contributed by atoms with Crippen molar-refractivity contribution >= 4 is 17.8 Å². The van der Waals surface area contributed by atoms with Gasteiger partial charge in [-0.05, 0) is 19.3 Å². The highest BCUT2D eigenvalue weighted by Crippen LogP contribution is 2.29. The van der Waals surface area contributed by atoms with Crippen molar-refractivity contribution in [2.45, 2.75) is 44.3 Å². The SMILES string of the molecule is C=CCOC(=O)[C@@H]1CC[C@@H]2CCN(C(C)=O)C[C@H](N)C(=O)N21. The summed E-state index contributed by atoms with van der Waals surface area (Å²) in [6.45, 7) is 5.84. The van der Waals surface area contributed by atoms with Crippen molar-refractivity contribution < 1.29 is 19.1 Å². The van der Waals surface area contributed by atoms with Crippen molar-refractivity contribution in [1.29, 1.82) is 0 Å². The van der Waals surface area contributed by atoms with E-state index >= 15 is 0 Å². The predicted molar refractivity (Wildman–Crippen MR) is 79.7 cm³/mol. The number of ether oxygens (including phenoxy) is 1. The Morgan fingerprint density at radius 2 is 2.14 bits per heavy atom. The first kappa shape index (κ1) is 16.5. The fourth-order valence-electron chi connectivity index (χ4n) is 3.16. The van der Waals surface area contributed by atoms with Crippen LogP contribution in [-0.4, -0.2) is 65.4 Å². The number of esters is 1. The second-order valence-corrected chi connectivity index (χ2v) is 5.77. The molecule has 0 spiro atoms. The van der Waals surface area contributed by atoms with Gasteiger partial charge >= 0.3 is 5.97 Å². The minimum Gasteiger partial charge on any atom is -0.460 e. The van der Waals surface area contributed by atoms with E-state index in [0.29, 0.717) is 19.4 Å². The summed E-state index contributed by atoms with van der Waals surface area (Å²) >= 11 is 0. The lowest BCUT2D eigenvalue weighted by atomic mass is 10.1. The van der Waals surface area contributed by atoms with Crippen molar-refractivity contribution in [2.24, 2.45) is 5.73 Å². The van der Waals surface area contributed by atoms with Gasteiger partial charge in [0.2, 0.25) is 11.8 Å². The molecule has 2 N–H and O–H groups in total. The van der Waals surface area contributed by atoms with Gasteiger partial charge in [0.15, 0.2) is 0 Å². The van der Waals surface area contributed by atoms with Crippen LogP contribution >= 0.6 is 0 Å². The molecule has 0 aromatic heterocycles. The maximum absolute atomic E-state index is 12.6. The van der Waals surface area contributed by atoms with Gasteiger partial charge in [0.05, 0.1) is 0 Å². The maximum atomic E-state index is 12.6. The van der Waals surface area contributed by atoms with Crippen LogP contribution in [0.4, 0.5) is 0 Å². The Morgan fingerprint density at radius 3 is 2.77 bits per heavy atom. The molecule has 2 amide bonds. The van der Waals surface area contributed by atoms with Crippen LogP contribution in [0, 0.1) is 0 Å². The van der Waals surface area contributed by atoms with Gasteiger partial charge in [-0.3, -0.25) is 9.59 Å². The van der Waals surface area contributed by atoms with Gasteiger partial charge in [-0.25, -0.2) is 4.79 Å². The summed E-state index contributed by atoms with van der Waals surface area (Å²) in [5.74, 6) is -0.780. The summed E-state index contributed by atoms with van der Waals surface area (Å²) in [6, 6.07) is -1.45. The minimum atomic E-state index is -0.806. The summed E-state index contributed by atoms with van der Waals surface area (Å²) in [4.78, 5) is 39.4. The highest BCUT2D eigenvalue weighted by atomic mass is 16.5. The molecule has 2 aliphatic heterocycles. The van der Waals surface area contributed by atoms with Gasteiger partial charge in [-0.1, -0.05) is 12.7 Å². The number of fused-ring (bicyclic) bond motifs is 1. The molecule has 122 valence electrons. The number of hydrogen-bond acceptors (Lipinski definition) is 5. The molecule has 0 bridgehead atoms. The summed E-state index contributed by atoms with van der Waals surface area (Å²) in [5.41, 5.74) is 5.94. The van der Waals surface area contributed by atoms with E-state index in [9.17, 15) is 14.4 Å². The van der Waals surface area contributed by atoms with Crippen LogP contribution < -0.4 is 5.73 Å². The Balaban J connectivity index is 2.14. The van der Waals surface area contributed by atoms with E-state index in [1.54, 1.807) is 9.80 Å². The minimum absolute atomic E-state index is 0.0676. The second-order valence-electron chi connectivity index (χ2n) is 5.77. The summed E-state index contributed by atoms with van der Waals surface area (Å²) < 4.78 is 5.08. The van der Waals surface area contributed by atoms with Crippen LogP contribution in [0.2, 0.25) is 0 Å². The molecule has 0 aromatic rings. The maximum Gasteiger partial charge on any atom is 0.329 e. The fourth-order valence-corrected chi connectivity index (χ4v) is 3.16. The van der Waals surface area contributed by atoms with Crippen molar-refractivity contribution in [3.05, 3.63) is 12.7 Å². The zero-order valence-electron chi connectivity index (χ0n) is 12.9. The molecule has 7 nitrogen and oxygen atoms in total. The molecule has 0 unspecified atom stereocenters. The molecule has 3 atom stereocenters. The van der Waals surface area contributed by atoms with Gasteiger partial charge in [0.1, 0.15) is 18.7 Å². The molecule has 2 saturated heterocycles. The molecule has 2 heterocycles. The van der Waals surface area contributed by atoms with E-state index in [1.807, 2.05) is 0 Å². The molecule has 2 fully saturated rings. The molecule has 2 aliphatic rings. The average Bonchev–Trinajstić information content (AvgIpc) is 2.89. The van der Waals surface area contributed by atoms with Crippen LogP contribution in [0.25, 0.3) is 0 Å². The highest BCUT2D eigenvalue weighted by Gasteiger charge is 2.44. The standard InChI is InChI=1S/C15H23N3O4/c1-3-8-22-15(21)13-5-4-11-6-7-17(10(2)19)9-12(16)14(20)18(11)13/h3,11-13H,1,4-9,16H2,2H3/t11-,12+,13+/m1/s1. The first-order chi connectivity index (χ1) is 10.5. The number of nitrogens with zero attached hydrogens (tertiary/aromatic N) is 2. The lowest BCUT2D eigenvalue weighted by Crippen LogP contribution is -2.58. The molecule has 0 aliphatic carbocycles. The molecule has 22 heavy (non-hydrogen) atoms. The second kappa shape index (κ2) is 6.91. The highest BCUT2D eigenvalue weighted by molar-refractivity contribution is 5.89. The third kappa shape index (κ3) is 3.30. The van der Waals surface area contributed by atoms with Crippen LogP contribution in [-0.2, 0) is 19.1 Å². The van der Waals surface area contributed by atoms with Crippen molar-refractivity contribution in [2.75, 3.05) is 19.7 Å². The van der Waals surface area contributed by atoms with Gasteiger partial charge in [-0.15, -0.1) is 0 Å². The number of amides is 2. The van der Waals surface area contributed by atoms with Gasteiger partial charge < -0.3 is 20.3 Å². The van der Waals surface area contributed by atoms with E-state index in [1.165, 1.54) is 13.0 Å². The van der Waals surface area contributed by atoms with Gasteiger partial charge in [0.25, 0.3) is 0 Å². The topological polar surface area (TPSA) is 92.9 Å². The normalized spacial score (nSPS) is 28.6. The molecular formula is C15H23N3O4. The van der Waals surface area contributed by atoms with Gasteiger partial charge in [-0.2, -0.15) is 0 Å². The Morgan fingerprint density at radius 1 is 1.41 bits per heavy atom. The third-order valence-corrected chi connectivity index (χ3v) is 4.28. The summed E-state index contributed by atoms with van der Waals surface area (Å²) in [5, 5.41) is 0. The number of rotatable bonds is 3. The van der Waals surface area contributed by atoms with Crippen molar-refractivity contribution in [1.82, 2.24) is 9.80 Å². The zero-order chi connectivity index (χ0) is 16.3. The molecule has 0 saturated carbocycles. The van der Waals surface area contributed by atoms with Crippen LogP contribution in [0.5, 0.6) is 0 Å². The van der Waals surface area contributed by atoms with E-state index < -0.39 is 18.1 Å². The number of carbonyl (C=O) groups is 3. The Labute approximate surface area is 130 Å². The molecule has 7 heteroatoms. The van der Waals surface area contributed by atoms with Crippen LogP contribution in [0.1, 0.15) is 26.2 Å². The Hall–Kier alpha value is -1.89. The quantitative estimate of drug-likeness (QED) is 0.568. The summed E-state index contributed by atoms with van der Waals surface area (Å²) in [6.07, 6.45) is 3.44. The lowest BCUT2D eigenvalue weighted by molar-refractivity contribution is -0.155. The van der Waals surface area contributed by atoms with Crippen molar-refractivity contribution in [3.63, 3.8) is 0 Å². The van der Waals surface area contributed by atoms with E-state index in [2.05, 4.69) is 6.58 Å². The van der Waals surface area contributed by atoms with Gasteiger partial charge in [0, 0.05) is 26.1 Å².